The van der Waals surface area contributed by atoms with Gasteiger partial charge in [0.15, 0.2) is 0 Å². The Hall–Kier alpha value is -1.82. The van der Waals surface area contributed by atoms with Crippen molar-refractivity contribution in [2.75, 3.05) is 13.1 Å². The van der Waals surface area contributed by atoms with Crippen LogP contribution in [-0.2, 0) is 4.74 Å². The second kappa shape index (κ2) is 5.52. The summed E-state index contributed by atoms with van der Waals surface area (Å²) in [5, 5.41) is 2.61. The van der Waals surface area contributed by atoms with Crippen molar-refractivity contribution in [1.82, 2.24) is 10.2 Å². The number of ether oxygens (including phenoxy) is 1. The Labute approximate surface area is 126 Å². The van der Waals surface area contributed by atoms with E-state index in [0.29, 0.717) is 6.54 Å². The molecule has 1 aromatic rings. The van der Waals surface area contributed by atoms with Crippen LogP contribution in [0.4, 0.5) is 9.18 Å². The molecular weight excluding hydrogens is 299 g/mol. The van der Waals surface area contributed by atoms with Gasteiger partial charge in [-0.05, 0) is 25.0 Å². The molecule has 112 valence electrons. The summed E-state index contributed by atoms with van der Waals surface area (Å²) in [6.07, 6.45) is 1.24. The zero-order chi connectivity index (χ0) is 15.0. The fourth-order valence-electron chi connectivity index (χ4n) is 2.34. The average molecular weight is 313 g/mol. The summed E-state index contributed by atoms with van der Waals surface area (Å²) >= 11 is 5.82. The number of amides is 2. The maximum Gasteiger partial charge on any atom is 0.410 e. The van der Waals surface area contributed by atoms with Crippen LogP contribution in [-0.4, -0.2) is 42.1 Å². The molecule has 1 aliphatic heterocycles. The zero-order valence-corrected chi connectivity index (χ0v) is 11.9. The van der Waals surface area contributed by atoms with E-state index in [1.54, 1.807) is 4.90 Å². The highest BCUT2D eigenvalue weighted by atomic mass is 35.5. The van der Waals surface area contributed by atoms with Crippen molar-refractivity contribution < 1.29 is 18.7 Å². The summed E-state index contributed by atoms with van der Waals surface area (Å²) in [6.45, 7) is 0.591. The van der Waals surface area contributed by atoms with Gasteiger partial charge in [0.2, 0.25) is 0 Å². The van der Waals surface area contributed by atoms with Crippen molar-refractivity contribution in [2.24, 2.45) is 0 Å². The van der Waals surface area contributed by atoms with E-state index in [-0.39, 0.29) is 29.3 Å². The van der Waals surface area contributed by atoms with Crippen LogP contribution in [0, 0.1) is 5.82 Å². The van der Waals surface area contributed by atoms with Gasteiger partial charge in [-0.25, -0.2) is 9.18 Å². The minimum absolute atomic E-state index is 0.0514. The highest BCUT2D eigenvalue weighted by molar-refractivity contribution is 6.33. The maximum atomic E-state index is 13.6. The topological polar surface area (TPSA) is 58.6 Å². The van der Waals surface area contributed by atoms with Gasteiger partial charge in [-0.15, -0.1) is 0 Å². The summed E-state index contributed by atoms with van der Waals surface area (Å²) in [7, 11) is 0. The van der Waals surface area contributed by atoms with Gasteiger partial charge in [0.25, 0.3) is 5.91 Å². The molecule has 5 nitrogen and oxygen atoms in total. The molecule has 2 fully saturated rings. The first kappa shape index (κ1) is 14.1. The van der Waals surface area contributed by atoms with Crippen LogP contribution in [0.25, 0.3) is 0 Å². The number of halogens is 2. The molecule has 1 saturated carbocycles. The molecule has 0 bridgehead atoms. The Bertz CT molecular complexity index is 571. The normalized spacial score (nSPS) is 21.3. The predicted molar refractivity (Wildman–Crippen MR) is 73.7 cm³/mol. The van der Waals surface area contributed by atoms with Crippen molar-refractivity contribution in [1.29, 1.82) is 0 Å². The fourth-order valence-corrected chi connectivity index (χ4v) is 2.59. The standard InChI is InChI=1S/C14H14ClFN2O3/c15-10-2-1-3-11(16)12(10)13(19)17-6-9-7-18(8-4-5-8)14(20)21-9/h1-3,8-9H,4-7H2,(H,17,19). The number of nitrogens with zero attached hydrogens (tertiary/aromatic N) is 1. The third-order valence-electron chi connectivity index (χ3n) is 3.57. The zero-order valence-electron chi connectivity index (χ0n) is 11.1. The van der Waals surface area contributed by atoms with E-state index in [1.165, 1.54) is 18.2 Å². The number of cyclic esters (lactones) is 1. The van der Waals surface area contributed by atoms with E-state index < -0.39 is 17.8 Å². The molecule has 1 heterocycles. The van der Waals surface area contributed by atoms with E-state index in [9.17, 15) is 14.0 Å². The van der Waals surface area contributed by atoms with Crippen LogP contribution in [0.5, 0.6) is 0 Å². The average Bonchev–Trinajstić information content (AvgIpc) is 3.20. The Morgan fingerprint density at radius 2 is 2.24 bits per heavy atom. The van der Waals surface area contributed by atoms with Gasteiger partial charge in [-0.3, -0.25) is 4.79 Å². The number of carbonyl (C=O) groups excluding carboxylic acids is 2. The molecule has 0 spiro atoms. The fraction of sp³-hybridized carbons (Fsp3) is 0.429. The largest absolute Gasteiger partial charge is 0.442 e. The lowest BCUT2D eigenvalue weighted by atomic mass is 10.2. The lowest BCUT2D eigenvalue weighted by molar-refractivity contribution is 0.0910. The van der Waals surface area contributed by atoms with Crippen molar-refractivity contribution in [3.63, 3.8) is 0 Å². The molecule has 0 radical (unpaired) electrons. The number of nitrogens with one attached hydrogen (secondary N) is 1. The molecule has 1 saturated heterocycles. The molecule has 7 heteroatoms. The molecular formula is C14H14ClFN2O3. The van der Waals surface area contributed by atoms with Crippen LogP contribution in [0.1, 0.15) is 23.2 Å². The lowest BCUT2D eigenvalue weighted by Gasteiger charge is -2.12. The van der Waals surface area contributed by atoms with E-state index in [2.05, 4.69) is 5.32 Å². The molecule has 1 aliphatic carbocycles. The first-order chi connectivity index (χ1) is 10.1. The highest BCUT2D eigenvalue weighted by Crippen LogP contribution is 2.30. The molecule has 0 aromatic heterocycles. The minimum atomic E-state index is -0.678. The second-order valence-electron chi connectivity index (χ2n) is 5.20. The smallest absolute Gasteiger partial charge is 0.410 e. The van der Waals surface area contributed by atoms with Crippen LogP contribution >= 0.6 is 11.6 Å². The Balaban J connectivity index is 1.58. The van der Waals surface area contributed by atoms with Crippen LogP contribution < -0.4 is 5.32 Å². The third kappa shape index (κ3) is 2.95. The monoisotopic (exact) mass is 312 g/mol. The van der Waals surface area contributed by atoms with E-state index in [0.717, 1.165) is 12.8 Å². The van der Waals surface area contributed by atoms with Gasteiger partial charge in [-0.1, -0.05) is 17.7 Å². The molecule has 1 unspecified atom stereocenters. The Morgan fingerprint density at radius 3 is 2.90 bits per heavy atom. The molecule has 2 aliphatic rings. The number of benzene rings is 1. The van der Waals surface area contributed by atoms with Gasteiger partial charge in [0.1, 0.15) is 11.9 Å². The minimum Gasteiger partial charge on any atom is -0.442 e. The molecule has 1 N–H and O–H groups in total. The van der Waals surface area contributed by atoms with Crippen LogP contribution in [0.15, 0.2) is 18.2 Å². The van der Waals surface area contributed by atoms with Crippen molar-refractivity contribution in [2.45, 2.75) is 25.0 Å². The second-order valence-corrected chi connectivity index (χ2v) is 5.60. The van der Waals surface area contributed by atoms with Gasteiger partial charge < -0.3 is 15.0 Å². The molecule has 2 amide bonds. The number of carbonyl (C=O) groups is 2. The van der Waals surface area contributed by atoms with Crippen LogP contribution in [0.3, 0.4) is 0 Å². The summed E-state index contributed by atoms with van der Waals surface area (Å²) in [5.74, 6) is -1.29. The van der Waals surface area contributed by atoms with E-state index in [1.807, 2.05) is 0 Å². The summed E-state index contributed by atoms with van der Waals surface area (Å²) in [5.41, 5.74) is -0.192. The van der Waals surface area contributed by atoms with Gasteiger partial charge in [0.05, 0.1) is 23.7 Å². The summed E-state index contributed by atoms with van der Waals surface area (Å²) in [4.78, 5) is 25.2. The van der Waals surface area contributed by atoms with Crippen molar-refractivity contribution in [3.05, 3.63) is 34.6 Å². The van der Waals surface area contributed by atoms with Crippen molar-refractivity contribution in [3.8, 4) is 0 Å². The van der Waals surface area contributed by atoms with Gasteiger partial charge >= 0.3 is 6.09 Å². The Morgan fingerprint density at radius 1 is 1.48 bits per heavy atom. The molecule has 21 heavy (non-hydrogen) atoms. The SMILES string of the molecule is O=C(NCC1CN(C2CC2)C(=O)O1)c1c(F)cccc1Cl. The molecule has 1 atom stereocenters. The third-order valence-corrected chi connectivity index (χ3v) is 3.89. The molecule has 1 aromatic carbocycles. The first-order valence-corrected chi connectivity index (χ1v) is 7.13. The Kier molecular flexibility index (Phi) is 3.71. The summed E-state index contributed by atoms with van der Waals surface area (Å²) < 4.78 is 18.8. The van der Waals surface area contributed by atoms with Crippen molar-refractivity contribution >= 4 is 23.6 Å². The number of hydrogen-bond donors (Lipinski definition) is 1. The maximum absolute atomic E-state index is 13.6. The quantitative estimate of drug-likeness (QED) is 0.927. The van der Waals surface area contributed by atoms with Crippen LogP contribution in [0.2, 0.25) is 5.02 Å². The van der Waals surface area contributed by atoms with E-state index >= 15 is 0 Å². The van der Waals surface area contributed by atoms with Gasteiger partial charge in [-0.2, -0.15) is 0 Å². The lowest BCUT2D eigenvalue weighted by Crippen LogP contribution is -2.35. The highest BCUT2D eigenvalue weighted by Gasteiger charge is 2.40. The van der Waals surface area contributed by atoms with E-state index in [4.69, 9.17) is 16.3 Å². The van der Waals surface area contributed by atoms with Gasteiger partial charge in [0, 0.05) is 6.04 Å². The summed E-state index contributed by atoms with van der Waals surface area (Å²) in [6, 6.07) is 4.33. The molecule has 3 rings (SSSR count). The number of rotatable bonds is 4. The number of hydrogen-bond acceptors (Lipinski definition) is 3. The first-order valence-electron chi connectivity index (χ1n) is 6.75. The predicted octanol–water partition coefficient (Wildman–Crippen LogP) is 2.19.